The summed E-state index contributed by atoms with van der Waals surface area (Å²) >= 11 is 0. The van der Waals surface area contributed by atoms with Crippen molar-refractivity contribution in [3.63, 3.8) is 0 Å². The molecule has 0 aliphatic carbocycles. The van der Waals surface area contributed by atoms with Crippen LogP contribution in [0.3, 0.4) is 0 Å². The van der Waals surface area contributed by atoms with E-state index in [4.69, 9.17) is 4.74 Å². The van der Waals surface area contributed by atoms with Gasteiger partial charge in [-0.05, 0) is 12.1 Å². The van der Waals surface area contributed by atoms with Gasteiger partial charge in [-0.25, -0.2) is 4.79 Å². The Morgan fingerprint density at radius 3 is 2.75 bits per heavy atom. The van der Waals surface area contributed by atoms with E-state index in [0.717, 1.165) is 9.80 Å². The summed E-state index contributed by atoms with van der Waals surface area (Å²) in [6, 6.07) is 4.01. The highest BCUT2D eigenvalue weighted by atomic mass is 19.3. The van der Waals surface area contributed by atoms with E-state index in [1.165, 1.54) is 32.3 Å². The number of fused-ring (bicyclic) bond motifs is 1. The molecule has 8 nitrogen and oxygen atoms in total. The van der Waals surface area contributed by atoms with E-state index in [9.17, 15) is 23.2 Å². The minimum absolute atomic E-state index is 0.0670. The highest BCUT2D eigenvalue weighted by Gasteiger charge is 2.49. The van der Waals surface area contributed by atoms with Gasteiger partial charge in [-0.2, -0.15) is 8.78 Å². The van der Waals surface area contributed by atoms with Crippen molar-refractivity contribution >= 4 is 29.3 Å². The zero-order valence-electron chi connectivity index (χ0n) is 12.7. The lowest BCUT2D eigenvalue weighted by Crippen LogP contribution is -2.49. The predicted molar refractivity (Wildman–Crippen MR) is 77.1 cm³/mol. The van der Waals surface area contributed by atoms with E-state index in [-0.39, 0.29) is 23.7 Å². The number of anilines is 2. The van der Waals surface area contributed by atoms with Gasteiger partial charge in [-0.3, -0.25) is 14.5 Å². The van der Waals surface area contributed by atoms with Gasteiger partial charge < -0.3 is 19.7 Å². The van der Waals surface area contributed by atoms with Gasteiger partial charge >= 0.3 is 18.1 Å². The minimum atomic E-state index is -3.99. The molecule has 2 aliphatic heterocycles. The number of benzene rings is 1. The molecule has 0 saturated carbocycles. The van der Waals surface area contributed by atoms with Crippen LogP contribution in [0.15, 0.2) is 18.2 Å². The Morgan fingerprint density at radius 2 is 2.08 bits per heavy atom. The summed E-state index contributed by atoms with van der Waals surface area (Å²) in [4.78, 5) is 36.8. The Morgan fingerprint density at radius 1 is 1.38 bits per heavy atom. The van der Waals surface area contributed by atoms with Gasteiger partial charge in [0.15, 0.2) is 11.9 Å². The van der Waals surface area contributed by atoms with Crippen molar-refractivity contribution in [1.82, 2.24) is 5.32 Å². The van der Waals surface area contributed by atoms with Crippen LogP contribution >= 0.6 is 0 Å². The number of likely N-dealkylation sites (N-methyl/N-ethyl adjacent to an activating group) is 2. The largest absolute Gasteiger partial charge is 0.482 e. The zero-order valence-corrected chi connectivity index (χ0v) is 12.7. The monoisotopic (exact) mass is 341 g/mol. The molecule has 0 aromatic heterocycles. The molecule has 1 fully saturated rings. The molecule has 0 unspecified atom stereocenters. The van der Waals surface area contributed by atoms with E-state index in [1.54, 1.807) is 0 Å². The van der Waals surface area contributed by atoms with E-state index in [0.29, 0.717) is 0 Å². The fraction of sp³-hybridized carbons (Fsp3) is 0.357. The second-order valence-electron chi connectivity index (χ2n) is 5.23. The number of nitrogens with zero attached hydrogens (tertiary/aromatic N) is 2. The highest BCUT2D eigenvalue weighted by molar-refractivity contribution is 6.01. The quantitative estimate of drug-likeness (QED) is 0.856. The van der Waals surface area contributed by atoms with Gasteiger partial charge in [0.2, 0.25) is 0 Å². The van der Waals surface area contributed by atoms with Crippen molar-refractivity contribution in [2.24, 2.45) is 0 Å². The van der Waals surface area contributed by atoms with Crippen LogP contribution in [-0.4, -0.2) is 50.8 Å². The molecular weight excluding hydrogens is 328 g/mol. The first-order chi connectivity index (χ1) is 11.2. The van der Waals surface area contributed by atoms with E-state index >= 15 is 0 Å². The number of nitrogens with one attached hydrogen (secondary N) is 1. The number of hydrogen-bond donors (Lipinski definition) is 1. The van der Waals surface area contributed by atoms with Crippen LogP contribution in [0, 0.1) is 0 Å². The molecule has 0 bridgehead atoms. The topological polar surface area (TPSA) is 88.2 Å². The highest BCUT2D eigenvalue weighted by Crippen LogP contribution is 2.41. The summed E-state index contributed by atoms with van der Waals surface area (Å²) in [5.41, 5.74) is 0.355. The Labute approximate surface area is 134 Å². The van der Waals surface area contributed by atoms with Crippen LogP contribution in [0.1, 0.15) is 0 Å². The molecule has 24 heavy (non-hydrogen) atoms. The minimum Gasteiger partial charge on any atom is -0.434 e. The van der Waals surface area contributed by atoms with Crippen LogP contribution in [0.4, 0.5) is 25.0 Å². The molecule has 2 aliphatic rings. The van der Waals surface area contributed by atoms with Gasteiger partial charge in [-0.1, -0.05) is 0 Å². The predicted octanol–water partition coefficient (Wildman–Crippen LogP) is 0.706. The van der Waals surface area contributed by atoms with Gasteiger partial charge in [0.05, 0.1) is 17.9 Å². The molecule has 1 aromatic rings. The smallest absolute Gasteiger partial charge is 0.434 e. The van der Waals surface area contributed by atoms with E-state index in [2.05, 4.69) is 10.1 Å². The first-order valence-corrected chi connectivity index (χ1v) is 6.93. The second kappa shape index (κ2) is 5.32. The molecule has 0 spiro atoms. The van der Waals surface area contributed by atoms with Crippen molar-refractivity contribution in [1.29, 1.82) is 0 Å². The number of rotatable bonds is 2. The molecule has 1 atom stereocenters. The lowest BCUT2D eigenvalue weighted by atomic mass is 10.2. The number of ether oxygens (including phenoxy) is 2. The maximum Gasteiger partial charge on any atom is 0.482 e. The molecule has 1 aromatic carbocycles. The number of carbonyl (C=O) groups excluding carboxylic acids is 3. The van der Waals surface area contributed by atoms with Crippen LogP contribution in [0.2, 0.25) is 0 Å². The molecule has 3 amide bonds. The van der Waals surface area contributed by atoms with Crippen molar-refractivity contribution in [2.75, 3.05) is 30.4 Å². The number of alkyl halides is 2. The molecule has 1 N–H and O–H groups in total. The lowest BCUT2D eigenvalue weighted by molar-refractivity contribution is -0.192. The summed E-state index contributed by atoms with van der Waals surface area (Å²) in [7, 11) is 2.60. The van der Waals surface area contributed by atoms with Crippen molar-refractivity contribution in [3.05, 3.63) is 18.2 Å². The third kappa shape index (κ3) is 2.39. The number of halogens is 2. The van der Waals surface area contributed by atoms with Gasteiger partial charge in [0.25, 0.3) is 5.91 Å². The molecule has 1 saturated heterocycles. The number of hydrogen-bond acceptors (Lipinski definition) is 5. The maximum absolute atomic E-state index is 13.6. The summed E-state index contributed by atoms with van der Waals surface area (Å²) in [6.07, 6.45) is -5.77. The van der Waals surface area contributed by atoms with Gasteiger partial charge in [0, 0.05) is 20.2 Å². The Bertz CT molecular complexity index is 739. The zero-order chi connectivity index (χ0) is 17.6. The molecular formula is C14H13F2N3O5. The standard InChI is InChI=1S/C14H13F2N3O5/c1-17-11(20)10-6-19(13(22)23-10)7-3-4-8-9(5-7)24-14(15,16)12(21)18(8)2/h3-5,10H,6H2,1-2H3,(H,17,20)/t10-/m1/s1. The second-order valence-corrected chi connectivity index (χ2v) is 5.23. The van der Waals surface area contributed by atoms with Gasteiger partial charge in [-0.15, -0.1) is 0 Å². The maximum atomic E-state index is 13.6. The molecule has 3 rings (SSSR count). The van der Waals surface area contributed by atoms with Crippen molar-refractivity contribution in [3.8, 4) is 5.75 Å². The van der Waals surface area contributed by atoms with Gasteiger partial charge in [0.1, 0.15) is 0 Å². The van der Waals surface area contributed by atoms with Crippen LogP contribution in [-0.2, 0) is 14.3 Å². The molecule has 0 radical (unpaired) electrons. The number of carbonyl (C=O) groups is 3. The summed E-state index contributed by atoms with van der Waals surface area (Å²) in [5.74, 6) is -2.21. The normalized spacial score (nSPS) is 21.9. The summed E-state index contributed by atoms with van der Waals surface area (Å²) < 4.78 is 36.5. The third-order valence-electron chi connectivity index (χ3n) is 3.76. The molecule has 10 heteroatoms. The van der Waals surface area contributed by atoms with Crippen LogP contribution in [0.5, 0.6) is 5.75 Å². The van der Waals surface area contributed by atoms with Crippen molar-refractivity contribution in [2.45, 2.75) is 12.2 Å². The lowest BCUT2D eigenvalue weighted by Gasteiger charge is -2.31. The first-order valence-electron chi connectivity index (χ1n) is 6.93. The summed E-state index contributed by atoms with van der Waals surface area (Å²) in [6.45, 7) is -0.0670. The SMILES string of the molecule is CNC(=O)[C@H]1CN(c2ccc3c(c2)OC(F)(F)C(=O)N3C)C(=O)O1. The van der Waals surface area contributed by atoms with Crippen LogP contribution < -0.4 is 19.9 Å². The Hall–Kier alpha value is -2.91. The fourth-order valence-electron chi connectivity index (χ4n) is 2.49. The number of amides is 3. The van der Waals surface area contributed by atoms with Crippen LogP contribution in [0.25, 0.3) is 0 Å². The fourth-order valence-corrected chi connectivity index (χ4v) is 2.49. The average Bonchev–Trinajstić information content (AvgIpc) is 2.93. The Balaban J connectivity index is 1.91. The van der Waals surface area contributed by atoms with Crippen molar-refractivity contribution < 1.29 is 32.6 Å². The summed E-state index contributed by atoms with van der Waals surface area (Å²) in [5, 5.41) is 2.36. The third-order valence-corrected chi connectivity index (χ3v) is 3.76. The Kier molecular flexibility index (Phi) is 3.54. The first kappa shape index (κ1) is 16.0. The average molecular weight is 341 g/mol. The molecule has 128 valence electrons. The van der Waals surface area contributed by atoms with E-state index < -0.39 is 30.1 Å². The number of cyclic esters (lactones) is 1. The van der Waals surface area contributed by atoms with E-state index in [1.807, 2.05) is 0 Å². The molecule has 2 heterocycles.